The minimum absolute atomic E-state index is 0.0607. The number of piperidine rings is 2. The fourth-order valence-corrected chi connectivity index (χ4v) is 4.63. The van der Waals surface area contributed by atoms with E-state index in [9.17, 15) is 9.18 Å². The number of likely N-dealkylation sites (tertiary alicyclic amines) is 1. The van der Waals surface area contributed by atoms with Crippen molar-refractivity contribution in [1.29, 1.82) is 0 Å². The van der Waals surface area contributed by atoms with Crippen LogP contribution in [0.2, 0.25) is 0 Å². The molecule has 0 radical (unpaired) electrons. The number of nitrogens with one attached hydrogen (secondary N) is 1. The van der Waals surface area contributed by atoms with Crippen molar-refractivity contribution < 1.29 is 9.18 Å². The predicted molar refractivity (Wildman–Crippen MR) is 115 cm³/mol. The molecule has 2 aliphatic rings. The van der Waals surface area contributed by atoms with Gasteiger partial charge in [0.25, 0.3) is 0 Å². The number of benzene rings is 1. The first kappa shape index (κ1) is 20.7. The van der Waals surface area contributed by atoms with E-state index in [4.69, 9.17) is 0 Å². The van der Waals surface area contributed by atoms with Gasteiger partial charge in [0, 0.05) is 57.6 Å². The van der Waals surface area contributed by atoms with E-state index in [0.29, 0.717) is 0 Å². The summed E-state index contributed by atoms with van der Waals surface area (Å²) in [6, 6.07) is 6.50. The molecule has 0 bridgehead atoms. The Labute approximate surface area is 177 Å². The average molecular weight is 412 g/mol. The van der Waals surface area contributed by atoms with E-state index < -0.39 is 5.54 Å². The van der Waals surface area contributed by atoms with Crippen LogP contribution in [0.1, 0.15) is 50.2 Å². The largest absolute Gasteiger partial charge is 0.347 e. The lowest BCUT2D eigenvalue weighted by Gasteiger charge is -2.42. The van der Waals surface area contributed by atoms with Gasteiger partial charge in [-0.25, -0.2) is 14.4 Å². The average Bonchev–Trinajstić information content (AvgIpc) is 2.76. The second-order valence-corrected chi connectivity index (χ2v) is 8.49. The van der Waals surface area contributed by atoms with Crippen LogP contribution >= 0.6 is 0 Å². The van der Waals surface area contributed by atoms with E-state index in [1.807, 2.05) is 12.4 Å². The van der Waals surface area contributed by atoms with Gasteiger partial charge in [0.1, 0.15) is 5.82 Å². The summed E-state index contributed by atoms with van der Waals surface area (Å²) >= 11 is 0. The molecule has 4 rings (SSSR count). The standard InChI is InChI=1S/C23H30FN5O/c1-18(30)27-23(20-5-7-21(24)8-6-20)9-13-28(14-10-23)17-19-15-25-22(26-16-19)29-11-3-2-4-12-29/h5-8,15-16H,2-4,9-14,17H2,1H3,(H,27,30). The first-order valence-corrected chi connectivity index (χ1v) is 10.9. The van der Waals surface area contributed by atoms with Crippen LogP contribution < -0.4 is 10.2 Å². The van der Waals surface area contributed by atoms with Crippen molar-refractivity contribution in [2.75, 3.05) is 31.1 Å². The molecule has 0 spiro atoms. The smallest absolute Gasteiger partial charge is 0.225 e. The van der Waals surface area contributed by atoms with Crippen LogP contribution in [0.4, 0.5) is 10.3 Å². The lowest BCUT2D eigenvalue weighted by atomic mass is 9.80. The lowest BCUT2D eigenvalue weighted by molar-refractivity contribution is -0.121. The van der Waals surface area contributed by atoms with Gasteiger partial charge in [-0.3, -0.25) is 9.69 Å². The Morgan fingerprint density at radius 1 is 1.03 bits per heavy atom. The van der Waals surface area contributed by atoms with Gasteiger partial charge in [0.15, 0.2) is 0 Å². The highest BCUT2D eigenvalue weighted by atomic mass is 19.1. The molecule has 0 atom stereocenters. The van der Waals surface area contributed by atoms with Crippen molar-refractivity contribution in [1.82, 2.24) is 20.2 Å². The molecule has 3 heterocycles. The quantitative estimate of drug-likeness (QED) is 0.819. The van der Waals surface area contributed by atoms with Crippen molar-refractivity contribution in [2.24, 2.45) is 0 Å². The minimum atomic E-state index is -0.440. The Bertz CT molecular complexity index is 841. The first-order chi connectivity index (χ1) is 14.5. The van der Waals surface area contributed by atoms with Gasteiger partial charge in [-0.2, -0.15) is 0 Å². The zero-order valence-electron chi connectivity index (χ0n) is 17.6. The van der Waals surface area contributed by atoms with E-state index >= 15 is 0 Å². The molecule has 7 heteroatoms. The molecule has 0 unspecified atom stereocenters. The molecule has 2 aromatic rings. The van der Waals surface area contributed by atoms with E-state index in [1.165, 1.54) is 31.4 Å². The molecular formula is C23H30FN5O. The van der Waals surface area contributed by atoms with Crippen LogP contribution in [0, 0.1) is 5.82 Å². The zero-order valence-corrected chi connectivity index (χ0v) is 17.6. The fraction of sp³-hybridized carbons (Fsp3) is 0.522. The van der Waals surface area contributed by atoms with E-state index in [-0.39, 0.29) is 11.7 Å². The second kappa shape index (κ2) is 9.08. The van der Waals surface area contributed by atoms with Crippen LogP contribution in [-0.4, -0.2) is 47.0 Å². The topological polar surface area (TPSA) is 61.4 Å². The third-order valence-electron chi connectivity index (χ3n) is 6.26. The molecule has 0 saturated carbocycles. The molecule has 6 nitrogen and oxygen atoms in total. The molecule has 2 saturated heterocycles. The summed E-state index contributed by atoms with van der Waals surface area (Å²) in [6.45, 7) is 6.09. The highest BCUT2D eigenvalue weighted by Crippen LogP contribution is 2.33. The number of carbonyl (C=O) groups is 1. The Hall–Kier alpha value is -2.54. The first-order valence-electron chi connectivity index (χ1n) is 10.9. The number of aromatic nitrogens is 2. The molecule has 1 aromatic carbocycles. The van der Waals surface area contributed by atoms with Gasteiger partial charge in [-0.1, -0.05) is 12.1 Å². The van der Waals surface area contributed by atoms with Crippen molar-refractivity contribution >= 4 is 11.9 Å². The summed E-state index contributed by atoms with van der Waals surface area (Å²) in [7, 11) is 0. The van der Waals surface area contributed by atoms with Crippen molar-refractivity contribution in [3.8, 4) is 0 Å². The van der Waals surface area contributed by atoms with Crippen LogP contribution in [0.15, 0.2) is 36.7 Å². The van der Waals surface area contributed by atoms with Gasteiger partial charge >= 0.3 is 0 Å². The molecule has 160 valence electrons. The number of nitrogens with zero attached hydrogens (tertiary/aromatic N) is 4. The number of halogens is 1. The summed E-state index contributed by atoms with van der Waals surface area (Å²) in [4.78, 5) is 25.7. The monoisotopic (exact) mass is 411 g/mol. The maximum Gasteiger partial charge on any atom is 0.225 e. The van der Waals surface area contributed by atoms with Gasteiger partial charge in [0.05, 0.1) is 5.54 Å². The maximum atomic E-state index is 13.4. The van der Waals surface area contributed by atoms with Gasteiger partial charge in [-0.15, -0.1) is 0 Å². The van der Waals surface area contributed by atoms with Crippen LogP contribution in [0.3, 0.4) is 0 Å². The van der Waals surface area contributed by atoms with E-state index in [2.05, 4.69) is 25.1 Å². The summed E-state index contributed by atoms with van der Waals surface area (Å²) in [5.41, 5.74) is 1.63. The molecule has 30 heavy (non-hydrogen) atoms. The van der Waals surface area contributed by atoms with Gasteiger partial charge in [-0.05, 0) is 49.8 Å². The predicted octanol–water partition coefficient (Wildman–Crippen LogP) is 3.23. The zero-order chi connectivity index (χ0) is 21.0. The van der Waals surface area contributed by atoms with Gasteiger partial charge in [0.2, 0.25) is 11.9 Å². The Morgan fingerprint density at radius 2 is 1.67 bits per heavy atom. The number of rotatable bonds is 5. The lowest BCUT2D eigenvalue weighted by Crippen LogP contribution is -2.52. The Kier molecular flexibility index (Phi) is 6.27. The normalized spacial score (nSPS) is 19.5. The molecule has 2 aliphatic heterocycles. The summed E-state index contributed by atoms with van der Waals surface area (Å²) in [5, 5.41) is 3.14. The summed E-state index contributed by atoms with van der Waals surface area (Å²) in [5.74, 6) is 0.509. The number of amides is 1. The summed E-state index contributed by atoms with van der Waals surface area (Å²) < 4.78 is 13.4. The van der Waals surface area contributed by atoms with Crippen LogP contribution in [-0.2, 0) is 16.9 Å². The Balaban J connectivity index is 1.39. The highest BCUT2D eigenvalue weighted by molar-refractivity contribution is 5.74. The van der Waals surface area contributed by atoms with Crippen molar-refractivity contribution in [2.45, 2.75) is 51.1 Å². The minimum Gasteiger partial charge on any atom is -0.347 e. The number of anilines is 1. The van der Waals surface area contributed by atoms with E-state index in [0.717, 1.165) is 62.6 Å². The highest BCUT2D eigenvalue weighted by Gasteiger charge is 2.37. The fourth-order valence-electron chi connectivity index (χ4n) is 4.63. The third-order valence-corrected chi connectivity index (χ3v) is 6.26. The molecule has 1 amide bonds. The summed E-state index contributed by atoms with van der Waals surface area (Å²) in [6.07, 6.45) is 9.16. The molecule has 0 aliphatic carbocycles. The molecular weight excluding hydrogens is 381 g/mol. The number of hydrogen-bond acceptors (Lipinski definition) is 5. The van der Waals surface area contributed by atoms with Gasteiger partial charge < -0.3 is 10.2 Å². The molecule has 1 aromatic heterocycles. The number of hydrogen-bond donors (Lipinski definition) is 1. The number of carbonyl (C=O) groups excluding carboxylic acids is 1. The van der Waals surface area contributed by atoms with Crippen LogP contribution in [0.25, 0.3) is 0 Å². The van der Waals surface area contributed by atoms with Crippen molar-refractivity contribution in [3.05, 3.63) is 53.6 Å². The van der Waals surface area contributed by atoms with E-state index in [1.54, 1.807) is 19.1 Å². The van der Waals surface area contributed by atoms with Crippen LogP contribution in [0.5, 0.6) is 0 Å². The molecule has 2 fully saturated rings. The Morgan fingerprint density at radius 3 is 2.27 bits per heavy atom. The maximum absolute atomic E-state index is 13.4. The van der Waals surface area contributed by atoms with Crippen molar-refractivity contribution in [3.63, 3.8) is 0 Å². The second-order valence-electron chi connectivity index (χ2n) is 8.49. The SMILES string of the molecule is CC(=O)NC1(c2ccc(F)cc2)CCN(Cc2cnc(N3CCCCC3)nc2)CC1. The third kappa shape index (κ3) is 4.78. The molecule has 1 N–H and O–H groups in total.